The highest BCUT2D eigenvalue weighted by molar-refractivity contribution is 7.80. The average Bonchev–Trinajstić information content (AvgIpc) is 1.64. The molecule has 0 aliphatic heterocycles. The Morgan fingerprint density at radius 3 is 2.50 bits per heavy atom. The zero-order chi connectivity index (χ0) is 6.73. The van der Waals surface area contributed by atoms with E-state index in [1.54, 1.807) is 0 Å². The first-order valence-electron chi connectivity index (χ1n) is 2.44. The van der Waals surface area contributed by atoms with Crippen molar-refractivity contribution in [1.29, 1.82) is 0 Å². The molecule has 4 N–H and O–H groups in total. The van der Waals surface area contributed by atoms with Crippen LogP contribution in [0.1, 0.15) is 0 Å². The van der Waals surface area contributed by atoms with Gasteiger partial charge in [0.25, 0.3) is 0 Å². The summed E-state index contributed by atoms with van der Waals surface area (Å²) in [6.45, 7) is 0. The minimum absolute atomic E-state index is 0.0231. The third kappa shape index (κ3) is 8.37. The number of thiocarbonyl (C=S) groups is 1. The van der Waals surface area contributed by atoms with Gasteiger partial charge in [-0.05, 0) is 12.2 Å². The number of rotatable bonds is 0. The minimum atomic E-state index is -0.481. The topological polar surface area (TPSA) is 52.0 Å². The predicted molar refractivity (Wildman–Crippen MR) is 21.0 cm³/mol. The molecule has 0 radical (unpaired) electrons. The second kappa shape index (κ2) is 1.06. The Labute approximate surface area is 35.6 Å². The summed E-state index contributed by atoms with van der Waals surface area (Å²) in [5.41, 5.74) is 0.0463. The van der Waals surface area contributed by atoms with Crippen molar-refractivity contribution in [2.24, 2.45) is 11.4 Å². The largest absolute Gasteiger partial charge is 0.377 e. The summed E-state index contributed by atoms with van der Waals surface area (Å²) in [5, 5.41) is -0.481. The quantitative estimate of drug-likeness (QED) is 0.374. The van der Waals surface area contributed by atoms with E-state index in [2.05, 4.69) is 12.2 Å². The summed E-state index contributed by atoms with van der Waals surface area (Å²) in [5.74, 6) is 0. The normalized spacial score (nSPS) is 18.0. The third-order valence-corrected chi connectivity index (χ3v) is 0. The highest BCUT2D eigenvalue weighted by Crippen LogP contribution is 1.32. The Morgan fingerprint density at radius 2 is 2.50 bits per heavy atom. The highest BCUT2D eigenvalue weighted by atomic mass is 32.1. The Bertz CT molecular complexity index is 82.0. The van der Waals surface area contributed by atoms with Gasteiger partial charge in [-0.25, -0.2) is 0 Å². The van der Waals surface area contributed by atoms with Gasteiger partial charge in [0.15, 0.2) is 10.8 Å². The van der Waals surface area contributed by atoms with Gasteiger partial charge in [-0.2, -0.15) is 0 Å². The number of hydrogen-bond acceptors (Lipinski definition) is 1. The lowest BCUT2D eigenvalue weighted by atomic mass is 11.3. The van der Waals surface area contributed by atoms with Crippen molar-refractivity contribution in [3.63, 3.8) is 0 Å². The van der Waals surface area contributed by atoms with E-state index in [4.69, 9.17) is 5.65 Å². The Balaban J connectivity index is 3.65. The summed E-state index contributed by atoms with van der Waals surface area (Å²) >= 11 is 4.20. The van der Waals surface area contributed by atoms with Gasteiger partial charge in [-0.3, -0.25) is 0 Å². The molecular weight excluding hydrogens is 72.1 g/mol. The molecule has 4 heavy (non-hydrogen) atoms. The molecule has 0 atom stereocenters. The van der Waals surface area contributed by atoms with Crippen LogP contribution >= 0.6 is 12.2 Å². The van der Waals surface area contributed by atoms with Gasteiger partial charge < -0.3 is 11.4 Å². The summed E-state index contributed by atoms with van der Waals surface area (Å²) in [7, 11) is 0. The molecule has 0 spiro atoms. The molecule has 0 aliphatic carbocycles. The van der Waals surface area contributed by atoms with Crippen molar-refractivity contribution >= 4 is 17.3 Å². The Morgan fingerprint density at radius 1 is 2.00 bits per heavy atom. The van der Waals surface area contributed by atoms with Gasteiger partial charge in [0.1, 0.15) is 0 Å². The van der Waals surface area contributed by atoms with Gasteiger partial charge in [-0.15, -0.1) is 0 Å². The van der Waals surface area contributed by atoms with Crippen molar-refractivity contribution in [2.75, 3.05) is 0 Å². The molecule has 0 aromatic carbocycles. The molecule has 0 heterocycles. The van der Waals surface area contributed by atoms with E-state index < -0.39 is 5.11 Å². The molecule has 0 unspecified atom stereocenters. The van der Waals surface area contributed by atoms with Crippen LogP contribution in [0.2, 0.25) is 5.65 Å². The van der Waals surface area contributed by atoms with Crippen LogP contribution in [-0.4, -0.2) is 5.11 Å². The molecule has 0 aromatic rings. The van der Waals surface area contributed by atoms with E-state index in [0.717, 1.165) is 0 Å². The molecule has 0 aromatic heterocycles. The van der Waals surface area contributed by atoms with Crippen molar-refractivity contribution in [2.45, 2.75) is 0 Å². The molecule has 0 aliphatic rings. The van der Waals surface area contributed by atoms with E-state index in [-0.39, 0.29) is 11.4 Å². The van der Waals surface area contributed by atoms with Gasteiger partial charge in [-0.1, -0.05) is 0 Å². The van der Waals surface area contributed by atoms with Crippen molar-refractivity contribution in [3.8, 4) is 0 Å². The molecule has 24 valence electrons. The lowest BCUT2D eigenvalue weighted by Gasteiger charge is -1.68. The summed E-state index contributed by atoms with van der Waals surface area (Å²) in [4.78, 5) is 0. The molecule has 0 saturated carbocycles. The van der Waals surface area contributed by atoms with Crippen molar-refractivity contribution in [3.05, 3.63) is 0 Å². The standard InChI is InChI=1S/CH4N2S/c2-1(3)4/h(H4,2,3,4)/i/hD4. The molecule has 3 heteroatoms. The summed E-state index contributed by atoms with van der Waals surface area (Å²) < 4.78 is 25.6. The fourth-order valence-corrected chi connectivity index (χ4v) is 0. The minimum Gasteiger partial charge on any atom is -0.377 e. The van der Waals surface area contributed by atoms with E-state index in [0.29, 0.717) is 0 Å². The van der Waals surface area contributed by atoms with E-state index >= 15 is 0 Å². The zero-order valence-electron chi connectivity index (χ0n) is 5.80. The fourth-order valence-electron chi connectivity index (χ4n) is 0. The molecule has 0 rings (SSSR count). The van der Waals surface area contributed by atoms with E-state index in [1.807, 2.05) is 0 Å². The van der Waals surface area contributed by atoms with Crippen LogP contribution in [0.5, 0.6) is 0 Å². The zero-order valence-corrected chi connectivity index (χ0v) is 2.62. The van der Waals surface area contributed by atoms with Crippen molar-refractivity contribution < 1.29 is 5.65 Å². The van der Waals surface area contributed by atoms with Crippen LogP contribution in [0.25, 0.3) is 0 Å². The first kappa shape index (κ1) is 0.597. The van der Waals surface area contributed by atoms with Crippen LogP contribution in [0.4, 0.5) is 0 Å². The fraction of sp³-hybridized carbons (Fsp3) is 0. The molecule has 0 amide bonds. The van der Waals surface area contributed by atoms with E-state index in [1.165, 1.54) is 0 Å². The average molecular weight is 80.1 g/mol. The maximum absolute atomic E-state index is 6.39. The number of nitrogens with two attached hydrogens (primary N) is 2. The molecule has 0 bridgehead atoms. The van der Waals surface area contributed by atoms with Crippen LogP contribution in [-0.2, 0) is 0 Å². The van der Waals surface area contributed by atoms with Crippen LogP contribution < -0.4 is 11.4 Å². The third-order valence-electron chi connectivity index (χ3n) is 0. The predicted octanol–water partition coefficient (Wildman–Crippen LogP) is -0.811. The summed E-state index contributed by atoms with van der Waals surface area (Å²) in [6.07, 6.45) is 0. The monoisotopic (exact) mass is 80.0 g/mol. The van der Waals surface area contributed by atoms with Gasteiger partial charge in [0.05, 0.1) is 0 Å². The maximum Gasteiger partial charge on any atom is 0.160 e. The maximum atomic E-state index is 6.39. The lowest BCUT2D eigenvalue weighted by Crippen LogP contribution is -2.18. The van der Waals surface area contributed by atoms with Gasteiger partial charge in [0, 0.05) is 0 Å². The highest BCUT2D eigenvalue weighted by Gasteiger charge is 1.53. The number of hydrogen-bond donors (Lipinski definition) is 2. The van der Waals surface area contributed by atoms with Gasteiger partial charge in [0.2, 0.25) is 0 Å². The van der Waals surface area contributed by atoms with Gasteiger partial charge >= 0.3 is 0 Å². The lowest BCUT2D eigenvalue weighted by molar-refractivity contribution is 1.65. The Kier molecular flexibility index (Phi) is 0.158. The van der Waals surface area contributed by atoms with Crippen LogP contribution in [0.3, 0.4) is 0 Å². The van der Waals surface area contributed by atoms with E-state index in [9.17, 15) is 0 Å². The summed E-state index contributed by atoms with van der Waals surface area (Å²) in [6, 6.07) is 0. The second-order valence-electron chi connectivity index (χ2n) is 0.283. The first-order valence-corrected chi connectivity index (χ1v) is 1.06. The van der Waals surface area contributed by atoms with Crippen LogP contribution in [0, 0.1) is 0 Å². The molecular formula is CH4N2S. The smallest absolute Gasteiger partial charge is 0.160 e. The van der Waals surface area contributed by atoms with Crippen molar-refractivity contribution in [1.82, 2.24) is 0 Å². The van der Waals surface area contributed by atoms with Crippen LogP contribution in [0.15, 0.2) is 0 Å². The first-order chi connectivity index (χ1) is 3.55. The molecule has 0 fully saturated rings. The molecule has 2 nitrogen and oxygen atoms in total. The molecule has 0 saturated heterocycles. The Hall–Kier alpha value is -0.310. The second-order valence-corrected chi connectivity index (χ2v) is 0.648. The SMILES string of the molecule is [2H]N([2H])C(=S)N([2H])[2H].